The lowest BCUT2D eigenvalue weighted by Gasteiger charge is -2.30. The van der Waals surface area contributed by atoms with Gasteiger partial charge in [0.05, 0.1) is 4.90 Å². The molecule has 1 amide bonds. The van der Waals surface area contributed by atoms with Gasteiger partial charge in [0.25, 0.3) is 5.91 Å². The van der Waals surface area contributed by atoms with Crippen LogP contribution in [0, 0.1) is 5.82 Å². The number of benzene rings is 2. The number of nitrogens with one attached hydrogen (secondary N) is 1. The van der Waals surface area contributed by atoms with Gasteiger partial charge < -0.3 is 5.32 Å². The zero-order valence-corrected chi connectivity index (χ0v) is 19.8. The highest BCUT2D eigenvalue weighted by Crippen LogP contribution is 2.32. The quantitative estimate of drug-likeness (QED) is 0.530. The van der Waals surface area contributed by atoms with Crippen LogP contribution >= 0.6 is 11.3 Å². The topological polar surface area (TPSA) is 92.3 Å². The molecule has 174 valence electrons. The Labute approximate surface area is 196 Å². The number of nitrogens with zero attached hydrogens (tertiary/aromatic N) is 3. The molecule has 1 aliphatic rings. The molecule has 10 heteroatoms. The van der Waals surface area contributed by atoms with Gasteiger partial charge in [-0.3, -0.25) is 4.79 Å². The number of carbonyl (C=O) groups is 1. The summed E-state index contributed by atoms with van der Waals surface area (Å²) >= 11 is 1.14. The second-order valence-electron chi connectivity index (χ2n) is 8.01. The molecular formula is C23H25FN4O3S2. The predicted molar refractivity (Wildman–Crippen MR) is 125 cm³/mol. The van der Waals surface area contributed by atoms with Crippen molar-refractivity contribution in [3.63, 3.8) is 0 Å². The molecule has 7 nitrogen and oxygen atoms in total. The zero-order valence-electron chi connectivity index (χ0n) is 18.2. The van der Waals surface area contributed by atoms with E-state index in [4.69, 9.17) is 0 Å². The van der Waals surface area contributed by atoms with Crippen LogP contribution in [-0.2, 0) is 16.4 Å². The molecule has 0 unspecified atom stereocenters. The van der Waals surface area contributed by atoms with Gasteiger partial charge in [0.15, 0.2) is 0 Å². The van der Waals surface area contributed by atoms with E-state index in [0.29, 0.717) is 30.2 Å². The molecule has 1 fully saturated rings. The first kappa shape index (κ1) is 23.5. The van der Waals surface area contributed by atoms with E-state index in [1.807, 2.05) is 12.1 Å². The number of aryl methyl sites for hydroxylation is 1. The largest absolute Gasteiger partial charge is 0.320 e. The maximum atomic E-state index is 13.3. The number of hydrogen-bond donors (Lipinski definition) is 1. The summed E-state index contributed by atoms with van der Waals surface area (Å²) in [6.45, 7) is 2.82. The summed E-state index contributed by atoms with van der Waals surface area (Å²) in [7, 11) is -3.61. The molecule has 2 aromatic carbocycles. The molecule has 3 aromatic rings. The van der Waals surface area contributed by atoms with Gasteiger partial charge in [0.2, 0.25) is 15.0 Å². The minimum Gasteiger partial charge on any atom is -0.320 e. The third kappa shape index (κ3) is 5.45. The van der Waals surface area contributed by atoms with Crippen molar-refractivity contribution in [1.29, 1.82) is 0 Å². The number of carbonyl (C=O) groups excluding carboxylic acids is 1. The lowest BCUT2D eigenvalue weighted by Crippen LogP contribution is -2.39. The average molecular weight is 489 g/mol. The van der Waals surface area contributed by atoms with E-state index in [0.717, 1.165) is 36.2 Å². The summed E-state index contributed by atoms with van der Waals surface area (Å²) in [5.41, 5.74) is 1.45. The van der Waals surface area contributed by atoms with Gasteiger partial charge in [0, 0.05) is 24.7 Å². The van der Waals surface area contributed by atoms with Gasteiger partial charge in [-0.15, -0.1) is 10.2 Å². The Hall–Kier alpha value is -2.69. The highest BCUT2D eigenvalue weighted by molar-refractivity contribution is 7.89. The van der Waals surface area contributed by atoms with Crippen molar-refractivity contribution in [2.24, 2.45) is 0 Å². The van der Waals surface area contributed by atoms with Gasteiger partial charge in [0.1, 0.15) is 10.8 Å². The van der Waals surface area contributed by atoms with Crippen LogP contribution < -0.4 is 5.32 Å². The average Bonchev–Trinajstić information content (AvgIpc) is 3.30. The molecule has 4 rings (SSSR count). The molecule has 2 heterocycles. The number of piperidine rings is 1. The highest BCUT2D eigenvalue weighted by Gasteiger charge is 2.32. The minimum atomic E-state index is -3.61. The van der Waals surface area contributed by atoms with E-state index in [-0.39, 0.29) is 15.8 Å². The van der Waals surface area contributed by atoms with Crippen molar-refractivity contribution in [1.82, 2.24) is 14.5 Å². The summed E-state index contributed by atoms with van der Waals surface area (Å²) in [5.74, 6) is -1.06. The van der Waals surface area contributed by atoms with Crippen molar-refractivity contribution in [2.45, 2.75) is 43.4 Å². The molecular weight excluding hydrogens is 463 g/mol. The predicted octanol–water partition coefficient (Wildman–Crippen LogP) is 4.45. The van der Waals surface area contributed by atoms with Crippen molar-refractivity contribution < 1.29 is 17.6 Å². The van der Waals surface area contributed by atoms with Crippen LogP contribution in [0.2, 0.25) is 0 Å². The van der Waals surface area contributed by atoms with E-state index in [2.05, 4.69) is 22.4 Å². The van der Waals surface area contributed by atoms with E-state index in [1.165, 1.54) is 22.5 Å². The SMILES string of the molecule is CCCc1ccc(S(=O)(=O)N2CCC[C@H](c3nnc(C(=O)Nc4cccc(F)c4)s3)C2)cc1. The number of rotatable bonds is 7. The van der Waals surface area contributed by atoms with Crippen LogP contribution in [0.5, 0.6) is 0 Å². The Balaban J connectivity index is 1.45. The first-order valence-electron chi connectivity index (χ1n) is 10.9. The monoisotopic (exact) mass is 488 g/mol. The molecule has 0 aliphatic carbocycles. The number of hydrogen-bond acceptors (Lipinski definition) is 6. The molecule has 0 saturated carbocycles. The third-order valence-corrected chi connectivity index (χ3v) is 8.51. The summed E-state index contributed by atoms with van der Waals surface area (Å²) in [5, 5.41) is 11.5. The first-order chi connectivity index (χ1) is 15.9. The molecule has 0 bridgehead atoms. The maximum Gasteiger partial charge on any atom is 0.286 e. The fourth-order valence-electron chi connectivity index (χ4n) is 3.87. The van der Waals surface area contributed by atoms with Crippen LogP contribution in [0.4, 0.5) is 10.1 Å². The molecule has 1 N–H and O–H groups in total. The fraction of sp³-hybridized carbons (Fsp3) is 0.348. The lowest BCUT2D eigenvalue weighted by molar-refractivity contribution is 0.102. The summed E-state index contributed by atoms with van der Waals surface area (Å²) in [4.78, 5) is 12.8. The normalized spacial score (nSPS) is 17.1. The van der Waals surface area contributed by atoms with Gasteiger partial charge >= 0.3 is 0 Å². The van der Waals surface area contributed by atoms with Crippen molar-refractivity contribution >= 4 is 33.0 Å². The fourth-order valence-corrected chi connectivity index (χ4v) is 6.26. The molecule has 0 radical (unpaired) electrons. The van der Waals surface area contributed by atoms with E-state index < -0.39 is 21.7 Å². The zero-order chi connectivity index (χ0) is 23.4. The summed E-state index contributed by atoms with van der Waals surface area (Å²) in [6.07, 6.45) is 3.38. The van der Waals surface area contributed by atoms with Crippen molar-refractivity contribution in [3.05, 3.63) is 69.9 Å². The second-order valence-corrected chi connectivity index (χ2v) is 11.0. The van der Waals surface area contributed by atoms with Crippen molar-refractivity contribution in [2.75, 3.05) is 18.4 Å². The van der Waals surface area contributed by atoms with Gasteiger partial charge in [-0.25, -0.2) is 12.8 Å². The summed E-state index contributed by atoms with van der Waals surface area (Å²) < 4.78 is 41.2. The van der Waals surface area contributed by atoms with E-state index in [1.54, 1.807) is 18.2 Å². The van der Waals surface area contributed by atoms with Crippen LogP contribution in [-0.4, -0.2) is 41.9 Å². The Bertz CT molecular complexity index is 1230. The van der Waals surface area contributed by atoms with Gasteiger partial charge in [-0.1, -0.05) is 42.9 Å². The first-order valence-corrected chi connectivity index (χ1v) is 13.1. The number of halogens is 1. The number of aromatic nitrogens is 2. The second kappa shape index (κ2) is 10.1. The number of anilines is 1. The lowest BCUT2D eigenvalue weighted by atomic mass is 10.0. The Kier molecular flexibility index (Phi) is 7.16. The highest BCUT2D eigenvalue weighted by atomic mass is 32.2. The molecule has 0 spiro atoms. The summed E-state index contributed by atoms with van der Waals surface area (Å²) in [6, 6.07) is 12.7. The Morgan fingerprint density at radius 2 is 2.00 bits per heavy atom. The Morgan fingerprint density at radius 1 is 1.21 bits per heavy atom. The smallest absolute Gasteiger partial charge is 0.286 e. The third-order valence-electron chi connectivity index (χ3n) is 5.55. The molecule has 1 aliphatic heterocycles. The van der Waals surface area contributed by atoms with Gasteiger partial charge in [-0.05, 0) is 55.2 Å². The minimum absolute atomic E-state index is 0.138. The number of amides is 1. The number of sulfonamides is 1. The molecule has 1 atom stereocenters. The van der Waals surface area contributed by atoms with Crippen LogP contribution in [0.15, 0.2) is 53.4 Å². The van der Waals surface area contributed by atoms with Crippen LogP contribution in [0.25, 0.3) is 0 Å². The molecule has 1 saturated heterocycles. The molecule has 33 heavy (non-hydrogen) atoms. The van der Waals surface area contributed by atoms with Crippen LogP contribution in [0.1, 0.15) is 52.5 Å². The van der Waals surface area contributed by atoms with E-state index in [9.17, 15) is 17.6 Å². The van der Waals surface area contributed by atoms with Gasteiger partial charge in [-0.2, -0.15) is 4.31 Å². The molecule has 1 aromatic heterocycles. The standard InChI is InChI=1S/C23H25FN4O3S2/c1-2-5-16-9-11-20(12-10-16)33(30,31)28-13-4-6-17(15-28)22-26-27-23(32-22)21(29)25-19-8-3-7-18(24)14-19/h3,7-12,14,17H,2,4-6,13,15H2,1H3,(H,25,29)/t17-/m0/s1. The van der Waals surface area contributed by atoms with Crippen molar-refractivity contribution in [3.8, 4) is 0 Å². The van der Waals surface area contributed by atoms with E-state index >= 15 is 0 Å². The maximum absolute atomic E-state index is 13.3. The van der Waals surface area contributed by atoms with Crippen LogP contribution in [0.3, 0.4) is 0 Å². The Morgan fingerprint density at radius 3 is 2.73 bits per heavy atom.